The molecule has 1 atom stereocenters. The zero-order valence-corrected chi connectivity index (χ0v) is 18.3. The van der Waals surface area contributed by atoms with Gasteiger partial charge in [0, 0.05) is 0 Å². The number of nitriles is 1. The highest BCUT2D eigenvalue weighted by Gasteiger charge is 2.24. The molecule has 2 aromatic carbocycles. The minimum absolute atomic E-state index is 0.230. The molecule has 0 radical (unpaired) electrons. The van der Waals surface area contributed by atoms with Crippen LogP contribution in [0.1, 0.15) is 34.6 Å². The molecule has 0 saturated carbocycles. The summed E-state index contributed by atoms with van der Waals surface area (Å²) in [4.78, 5) is 25.0. The van der Waals surface area contributed by atoms with Gasteiger partial charge in [-0.1, -0.05) is 42.5 Å². The van der Waals surface area contributed by atoms with Crippen LogP contribution in [0, 0.1) is 18.3 Å². The number of thiophene rings is 1. The molecule has 0 unspecified atom stereocenters. The number of rotatable bonds is 7. The highest BCUT2D eigenvalue weighted by molar-refractivity contribution is 7.18. The van der Waals surface area contributed by atoms with Crippen LogP contribution in [-0.2, 0) is 9.53 Å². The van der Waals surface area contributed by atoms with Crippen LogP contribution in [0.4, 0.5) is 5.00 Å². The monoisotopic (exact) mass is 434 g/mol. The topological polar surface area (TPSA) is 88.4 Å². The normalized spacial score (nSPS) is 11.3. The summed E-state index contributed by atoms with van der Waals surface area (Å²) in [6.07, 6.45) is -0.803. The first-order chi connectivity index (χ1) is 14.9. The van der Waals surface area contributed by atoms with Gasteiger partial charge >= 0.3 is 5.97 Å². The molecular weight excluding hydrogens is 412 g/mol. The molecule has 7 heteroatoms. The maximum Gasteiger partial charge on any atom is 0.348 e. The van der Waals surface area contributed by atoms with Gasteiger partial charge in [0.2, 0.25) is 0 Å². The maximum atomic E-state index is 12.6. The standard InChI is InChI=1S/C24H22N2O4S/c1-4-29-24(28)21-15(2)20(14-25)23(31-21)26-22(27)16(3)30-19-12-10-18(11-13-19)17-8-6-5-7-9-17/h5-13,16H,4H2,1-3H3,(H,26,27)/t16-/m1/s1. The van der Waals surface area contributed by atoms with Crippen molar-refractivity contribution in [2.24, 2.45) is 0 Å². The zero-order valence-electron chi connectivity index (χ0n) is 17.5. The smallest absolute Gasteiger partial charge is 0.348 e. The molecule has 1 N–H and O–H groups in total. The lowest BCUT2D eigenvalue weighted by Crippen LogP contribution is -2.30. The fourth-order valence-electron chi connectivity index (χ4n) is 2.96. The molecule has 0 aliphatic carbocycles. The molecule has 1 aromatic heterocycles. The molecule has 31 heavy (non-hydrogen) atoms. The van der Waals surface area contributed by atoms with Crippen molar-refractivity contribution in [2.75, 3.05) is 11.9 Å². The van der Waals surface area contributed by atoms with Crippen LogP contribution in [-0.4, -0.2) is 24.6 Å². The Morgan fingerprint density at radius 3 is 2.35 bits per heavy atom. The van der Waals surface area contributed by atoms with E-state index in [0.717, 1.165) is 22.5 Å². The third-order valence-electron chi connectivity index (χ3n) is 4.60. The summed E-state index contributed by atoms with van der Waals surface area (Å²) in [5.74, 6) is -0.373. The summed E-state index contributed by atoms with van der Waals surface area (Å²) >= 11 is 1.03. The number of nitrogens with one attached hydrogen (secondary N) is 1. The lowest BCUT2D eigenvalue weighted by Gasteiger charge is -2.14. The SMILES string of the molecule is CCOC(=O)c1sc(NC(=O)[C@@H](C)Oc2ccc(-c3ccccc3)cc2)c(C#N)c1C. The number of ether oxygens (including phenoxy) is 2. The van der Waals surface area contributed by atoms with E-state index in [2.05, 4.69) is 5.32 Å². The highest BCUT2D eigenvalue weighted by atomic mass is 32.1. The first-order valence-corrected chi connectivity index (χ1v) is 10.6. The average Bonchev–Trinajstić information content (AvgIpc) is 3.10. The first kappa shape index (κ1) is 22.1. The maximum absolute atomic E-state index is 12.6. The number of amides is 1. The predicted octanol–water partition coefficient (Wildman–Crippen LogP) is 5.18. The van der Waals surface area contributed by atoms with Crippen molar-refractivity contribution < 1.29 is 19.1 Å². The number of anilines is 1. The molecule has 3 aromatic rings. The lowest BCUT2D eigenvalue weighted by atomic mass is 10.1. The number of carbonyl (C=O) groups excluding carboxylic acids is 2. The Bertz CT molecular complexity index is 1110. The summed E-state index contributed by atoms with van der Waals surface area (Å²) in [7, 11) is 0. The number of nitrogens with zero attached hydrogens (tertiary/aromatic N) is 1. The largest absolute Gasteiger partial charge is 0.481 e. The van der Waals surface area contributed by atoms with Crippen molar-refractivity contribution >= 4 is 28.2 Å². The number of benzene rings is 2. The second-order valence-electron chi connectivity index (χ2n) is 6.73. The predicted molar refractivity (Wildman–Crippen MR) is 120 cm³/mol. The summed E-state index contributed by atoms with van der Waals surface area (Å²) in [5, 5.41) is 12.5. The van der Waals surface area contributed by atoms with E-state index in [-0.39, 0.29) is 12.2 Å². The van der Waals surface area contributed by atoms with Gasteiger partial charge in [0.25, 0.3) is 5.91 Å². The molecule has 1 heterocycles. The first-order valence-electron chi connectivity index (χ1n) is 9.78. The van der Waals surface area contributed by atoms with Gasteiger partial charge in [-0.15, -0.1) is 11.3 Å². The third kappa shape index (κ3) is 5.11. The Balaban J connectivity index is 1.69. The molecule has 1 amide bonds. The van der Waals surface area contributed by atoms with Crippen LogP contribution in [0.5, 0.6) is 5.75 Å². The summed E-state index contributed by atoms with van der Waals surface area (Å²) < 4.78 is 10.8. The Kier molecular flexibility index (Phi) is 7.06. The Morgan fingerprint density at radius 1 is 1.10 bits per heavy atom. The number of carbonyl (C=O) groups is 2. The van der Waals surface area contributed by atoms with E-state index >= 15 is 0 Å². The lowest BCUT2D eigenvalue weighted by molar-refractivity contribution is -0.122. The zero-order chi connectivity index (χ0) is 22.4. The molecule has 0 saturated heterocycles. The van der Waals surface area contributed by atoms with E-state index < -0.39 is 18.0 Å². The molecule has 6 nitrogen and oxygen atoms in total. The summed E-state index contributed by atoms with van der Waals surface area (Å²) in [6.45, 7) is 5.22. The third-order valence-corrected chi connectivity index (χ3v) is 5.79. The van der Waals surface area contributed by atoms with Gasteiger partial charge in [0.05, 0.1) is 12.2 Å². The van der Waals surface area contributed by atoms with E-state index in [4.69, 9.17) is 9.47 Å². The van der Waals surface area contributed by atoms with Crippen LogP contribution in [0.15, 0.2) is 54.6 Å². The Hall–Kier alpha value is -3.63. The second-order valence-corrected chi connectivity index (χ2v) is 7.75. The molecule has 0 aliphatic heterocycles. The molecule has 0 spiro atoms. The Labute approximate surface area is 185 Å². The quantitative estimate of drug-likeness (QED) is 0.518. The average molecular weight is 435 g/mol. The van der Waals surface area contributed by atoms with Crippen molar-refractivity contribution in [1.82, 2.24) is 0 Å². The van der Waals surface area contributed by atoms with E-state index in [1.165, 1.54) is 0 Å². The van der Waals surface area contributed by atoms with E-state index in [0.29, 0.717) is 21.2 Å². The van der Waals surface area contributed by atoms with Gasteiger partial charge in [0.15, 0.2) is 6.10 Å². The summed E-state index contributed by atoms with van der Waals surface area (Å²) in [5.41, 5.74) is 2.88. The van der Waals surface area contributed by atoms with E-state index in [1.54, 1.807) is 32.9 Å². The van der Waals surface area contributed by atoms with Crippen molar-refractivity contribution in [3.8, 4) is 22.9 Å². The number of hydrogen-bond acceptors (Lipinski definition) is 6. The van der Waals surface area contributed by atoms with Gasteiger partial charge in [-0.05, 0) is 49.6 Å². The van der Waals surface area contributed by atoms with Crippen LogP contribution >= 0.6 is 11.3 Å². The Morgan fingerprint density at radius 2 is 1.74 bits per heavy atom. The highest BCUT2D eigenvalue weighted by Crippen LogP contribution is 2.33. The molecule has 158 valence electrons. The van der Waals surface area contributed by atoms with Gasteiger partial charge in [-0.3, -0.25) is 4.79 Å². The van der Waals surface area contributed by atoms with Crippen LogP contribution in [0.25, 0.3) is 11.1 Å². The van der Waals surface area contributed by atoms with Crippen LogP contribution < -0.4 is 10.1 Å². The minimum Gasteiger partial charge on any atom is -0.481 e. The minimum atomic E-state index is -0.803. The molecule has 0 fully saturated rings. The van der Waals surface area contributed by atoms with Gasteiger partial charge in [0.1, 0.15) is 21.7 Å². The van der Waals surface area contributed by atoms with Gasteiger partial charge < -0.3 is 14.8 Å². The van der Waals surface area contributed by atoms with Gasteiger partial charge in [-0.2, -0.15) is 5.26 Å². The van der Waals surface area contributed by atoms with Crippen LogP contribution in [0.3, 0.4) is 0 Å². The molecule has 0 bridgehead atoms. The molecule has 3 rings (SSSR count). The fraction of sp³-hybridized carbons (Fsp3) is 0.208. The van der Waals surface area contributed by atoms with Gasteiger partial charge in [-0.25, -0.2) is 4.79 Å². The number of hydrogen-bond donors (Lipinski definition) is 1. The number of esters is 1. The van der Waals surface area contributed by atoms with Crippen molar-refractivity contribution in [3.05, 3.63) is 70.6 Å². The summed E-state index contributed by atoms with van der Waals surface area (Å²) in [6, 6.07) is 19.5. The van der Waals surface area contributed by atoms with Crippen molar-refractivity contribution in [3.63, 3.8) is 0 Å². The van der Waals surface area contributed by atoms with E-state index in [1.807, 2.05) is 48.5 Å². The molecule has 0 aliphatic rings. The van der Waals surface area contributed by atoms with E-state index in [9.17, 15) is 14.9 Å². The molecular formula is C24H22N2O4S. The second kappa shape index (κ2) is 9.92. The van der Waals surface area contributed by atoms with Crippen molar-refractivity contribution in [1.29, 1.82) is 5.26 Å². The van der Waals surface area contributed by atoms with Crippen molar-refractivity contribution in [2.45, 2.75) is 26.9 Å². The fourth-order valence-corrected chi connectivity index (χ4v) is 4.01. The van der Waals surface area contributed by atoms with Crippen LogP contribution in [0.2, 0.25) is 0 Å².